The van der Waals surface area contributed by atoms with E-state index in [4.69, 9.17) is 32.7 Å². The first-order valence-electron chi connectivity index (χ1n) is 19.0. The number of rotatable bonds is 15. The molecule has 13 heteroatoms. The largest absolute Gasteiger partial charge is 0.451 e. The average molecular weight is 849 g/mol. The number of nitrogens with one attached hydrogen (secondary N) is 2. The molecule has 0 spiro atoms. The van der Waals surface area contributed by atoms with E-state index in [2.05, 4.69) is 10.6 Å². The maximum absolute atomic E-state index is 13.9. The molecule has 0 radical (unpaired) electrons. The van der Waals surface area contributed by atoms with Gasteiger partial charge < -0.3 is 20.1 Å². The fourth-order valence-electron chi connectivity index (χ4n) is 6.91. The molecular weight excluding hydrogens is 809 g/mol. The van der Waals surface area contributed by atoms with E-state index in [0.29, 0.717) is 10.6 Å². The highest BCUT2D eigenvalue weighted by molar-refractivity contribution is 8.00. The number of β-lactam (4-membered cyclic amide) rings is 1. The molecule has 1 saturated heterocycles. The first-order chi connectivity index (χ1) is 28.7. The lowest BCUT2D eigenvalue weighted by Crippen LogP contribution is -2.70. The zero-order chi connectivity index (χ0) is 41.3. The van der Waals surface area contributed by atoms with Gasteiger partial charge in [-0.3, -0.25) is 19.3 Å². The van der Waals surface area contributed by atoms with Crippen LogP contribution in [0.15, 0.2) is 156 Å². The Morgan fingerprint density at radius 2 is 1.19 bits per heavy atom. The van der Waals surface area contributed by atoms with Crippen molar-refractivity contribution in [3.8, 4) is 0 Å². The number of hydrogen-bond acceptors (Lipinski definition) is 8. The standard InChI is InChI=1S/C46H39Cl2N3O7S/c47-34-26-24-33(25-27-34)42(53)49-36(45(55)57-40(29-14-5-1-6-15-29)30-16-7-2-8-17-30)22-13-23-37(52)50-38-43(54)51-39(35(48)28-59-44(38)51)46(56)58-41(31-18-9-3-10-19-31)32-20-11-4-12-21-32/h1-12,14-21,24-27,36,38,40-41,44H,13,22-23,28H2,(H,49,53)(H,50,52)/t36?,38?,44-/m0/s1. The number of carbonyl (C=O) groups excluding carboxylic acids is 5. The van der Waals surface area contributed by atoms with Crippen LogP contribution in [0.3, 0.4) is 0 Å². The van der Waals surface area contributed by atoms with Gasteiger partial charge in [0.1, 0.15) is 23.2 Å². The zero-order valence-corrected chi connectivity index (χ0v) is 33.9. The predicted octanol–water partition coefficient (Wildman–Crippen LogP) is 8.12. The Morgan fingerprint density at radius 3 is 1.69 bits per heavy atom. The molecule has 10 nitrogen and oxygen atoms in total. The van der Waals surface area contributed by atoms with E-state index in [9.17, 15) is 24.0 Å². The average Bonchev–Trinajstić information content (AvgIpc) is 3.27. The molecule has 3 amide bonds. The molecule has 5 aromatic carbocycles. The minimum atomic E-state index is -1.12. The zero-order valence-electron chi connectivity index (χ0n) is 31.5. The Morgan fingerprint density at radius 1 is 0.695 bits per heavy atom. The van der Waals surface area contributed by atoms with Crippen LogP contribution in [0.4, 0.5) is 0 Å². The van der Waals surface area contributed by atoms with Crippen LogP contribution >= 0.6 is 35.0 Å². The van der Waals surface area contributed by atoms with Gasteiger partial charge in [0.2, 0.25) is 5.91 Å². The summed E-state index contributed by atoms with van der Waals surface area (Å²) in [6.45, 7) is 0. The molecule has 300 valence electrons. The number of hydrogen-bond donors (Lipinski definition) is 2. The van der Waals surface area contributed by atoms with Crippen LogP contribution in [0.25, 0.3) is 0 Å². The Hall–Kier alpha value is -5.88. The smallest absolute Gasteiger partial charge is 0.357 e. The van der Waals surface area contributed by atoms with Crippen molar-refractivity contribution >= 4 is 64.6 Å². The molecule has 0 aliphatic carbocycles. The van der Waals surface area contributed by atoms with E-state index in [0.717, 1.165) is 22.3 Å². The molecule has 2 heterocycles. The molecule has 2 aliphatic heterocycles. The molecule has 2 unspecified atom stereocenters. The highest BCUT2D eigenvalue weighted by Gasteiger charge is 2.54. The first-order valence-corrected chi connectivity index (χ1v) is 20.8. The molecule has 0 bridgehead atoms. The molecular formula is C46H39Cl2N3O7S. The summed E-state index contributed by atoms with van der Waals surface area (Å²) in [7, 11) is 0. The van der Waals surface area contributed by atoms with Crippen molar-refractivity contribution in [1.82, 2.24) is 15.5 Å². The second-order valence-electron chi connectivity index (χ2n) is 13.9. The molecule has 1 fully saturated rings. The predicted molar refractivity (Wildman–Crippen MR) is 226 cm³/mol. The van der Waals surface area contributed by atoms with Crippen LogP contribution in [0, 0.1) is 0 Å². The number of ether oxygens (including phenoxy) is 2. The van der Waals surface area contributed by atoms with Crippen LogP contribution in [0.5, 0.6) is 0 Å². The summed E-state index contributed by atoms with van der Waals surface area (Å²) < 4.78 is 12.1. The fourth-order valence-corrected chi connectivity index (χ4v) is 8.58. The number of esters is 2. The minimum absolute atomic E-state index is 0.0510. The highest BCUT2D eigenvalue weighted by atomic mass is 35.5. The SMILES string of the molecule is O=C(CCCC(NC(=O)c1ccc(Cl)cc1)C(=O)OC(c1ccccc1)c1ccccc1)NC1C(=O)N2C(C(=O)OC(c3ccccc3)c3ccccc3)=C(Cl)CS[C@@H]12. The Bertz CT molecular complexity index is 2240. The van der Waals surface area contributed by atoms with Crippen LogP contribution in [-0.2, 0) is 28.7 Å². The highest BCUT2D eigenvalue weighted by Crippen LogP contribution is 2.42. The molecule has 5 aromatic rings. The lowest BCUT2D eigenvalue weighted by atomic mass is 10.0. The molecule has 59 heavy (non-hydrogen) atoms. The summed E-state index contributed by atoms with van der Waals surface area (Å²) in [5.41, 5.74) is 3.22. The third kappa shape index (κ3) is 9.88. The first kappa shape index (κ1) is 41.3. The Kier molecular flexibility index (Phi) is 13.5. The van der Waals surface area contributed by atoms with Gasteiger partial charge >= 0.3 is 11.9 Å². The van der Waals surface area contributed by atoms with Gasteiger partial charge in [0, 0.05) is 22.8 Å². The van der Waals surface area contributed by atoms with Gasteiger partial charge in [-0.2, -0.15) is 0 Å². The number of nitrogens with zero attached hydrogens (tertiary/aromatic N) is 1. The summed E-state index contributed by atoms with van der Waals surface area (Å²) in [6, 6.07) is 41.3. The lowest BCUT2D eigenvalue weighted by molar-refractivity contribution is -0.154. The molecule has 2 N–H and O–H groups in total. The number of amides is 3. The molecule has 3 atom stereocenters. The van der Waals surface area contributed by atoms with E-state index < -0.39 is 59.3 Å². The van der Waals surface area contributed by atoms with Crippen LogP contribution in [-0.4, -0.2) is 57.8 Å². The molecule has 0 saturated carbocycles. The maximum Gasteiger partial charge on any atom is 0.357 e. The number of carbonyl (C=O) groups is 5. The molecule has 0 aromatic heterocycles. The van der Waals surface area contributed by atoms with Gasteiger partial charge in [-0.1, -0.05) is 145 Å². The monoisotopic (exact) mass is 847 g/mol. The molecule has 2 aliphatic rings. The van der Waals surface area contributed by atoms with Gasteiger partial charge in [0.25, 0.3) is 11.8 Å². The number of benzene rings is 5. The van der Waals surface area contributed by atoms with Crippen LogP contribution in [0.1, 0.15) is 64.1 Å². The van der Waals surface area contributed by atoms with E-state index in [1.165, 1.54) is 16.7 Å². The van der Waals surface area contributed by atoms with E-state index >= 15 is 0 Å². The van der Waals surface area contributed by atoms with Crippen molar-refractivity contribution in [2.45, 2.75) is 48.9 Å². The Labute approximate surface area is 355 Å². The van der Waals surface area contributed by atoms with Crippen molar-refractivity contribution in [3.05, 3.63) is 189 Å². The normalized spacial score (nSPS) is 16.5. The number of thioether (sulfide) groups is 1. The summed E-state index contributed by atoms with van der Waals surface area (Å²) in [5, 5.41) is 5.62. The lowest BCUT2D eigenvalue weighted by Gasteiger charge is -2.49. The second kappa shape index (κ2) is 19.2. The Balaban J connectivity index is 0.999. The second-order valence-corrected chi connectivity index (χ2v) is 15.9. The third-order valence-corrected chi connectivity index (χ3v) is 11.9. The van der Waals surface area contributed by atoms with E-state index in [1.807, 2.05) is 121 Å². The van der Waals surface area contributed by atoms with Gasteiger partial charge in [0.15, 0.2) is 12.2 Å². The van der Waals surface area contributed by atoms with Crippen molar-refractivity contribution in [1.29, 1.82) is 0 Å². The quantitative estimate of drug-likeness (QED) is 0.0799. The summed E-state index contributed by atoms with van der Waals surface area (Å²) in [4.78, 5) is 69.2. The van der Waals surface area contributed by atoms with Crippen molar-refractivity contribution in [2.75, 3.05) is 5.75 Å². The van der Waals surface area contributed by atoms with Gasteiger partial charge in [-0.15, -0.1) is 11.8 Å². The van der Waals surface area contributed by atoms with E-state index in [1.54, 1.807) is 24.3 Å². The number of halogens is 2. The van der Waals surface area contributed by atoms with Crippen LogP contribution < -0.4 is 10.6 Å². The van der Waals surface area contributed by atoms with Gasteiger partial charge in [0.05, 0.1) is 5.03 Å². The van der Waals surface area contributed by atoms with Crippen LogP contribution in [0.2, 0.25) is 5.02 Å². The van der Waals surface area contributed by atoms with E-state index in [-0.39, 0.29) is 35.7 Å². The van der Waals surface area contributed by atoms with Crippen molar-refractivity contribution in [2.24, 2.45) is 0 Å². The maximum atomic E-state index is 13.9. The summed E-state index contributed by atoms with van der Waals surface area (Å²) in [5.74, 6) is -2.66. The van der Waals surface area contributed by atoms with Crippen molar-refractivity contribution in [3.63, 3.8) is 0 Å². The minimum Gasteiger partial charge on any atom is -0.451 e. The topological polar surface area (TPSA) is 131 Å². The fraction of sp³-hybridized carbons (Fsp3) is 0.196. The molecule has 7 rings (SSSR count). The van der Waals surface area contributed by atoms with Gasteiger partial charge in [-0.05, 0) is 59.4 Å². The number of fused-ring (bicyclic) bond motifs is 1. The third-order valence-electron chi connectivity index (χ3n) is 9.89. The van der Waals surface area contributed by atoms with Crippen molar-refractivity contribution < 1.29 is 33.4 Å². The van der Waals surface area contributed by atoms with Gasteiger partial charge in [-0.25, -0.2) is 9.59 Å². The summed E-state index contributed by atoms with van der Waals surface area (Å²) in [6.07, 6.45) is -1.34. The summed E-state index contributed by atoms with van der Waals surface area (Å²) >= 11 is 13.9.